The van der Waals surface area contributed by atoms with Crippen LogP contribution < -0.4 is 0 Å². The maximum Gasteiger partial charge on any atom is 0.315 e. The average molecular weight is 651 g/mol. The second kappa shape index (κ2) is 10.9. The van der Waals surface area contributed by atoms with Crippen molar-refractivity contribution in [3.8, 4) is 0 Å². The number of hydrogen-bond acceptors (Lipinski definition) is 10. The molecule has 0 aromatic carbocycles. The molecule has 5 aliphatic carbocycles. The van der Waals surface area contributed by atoms with Crippen molar-refractivity contribution < 1.29 is 50.0 Å². The Hall–Kier alpha value is -1.11. The third-order valence-corrected chi connectivity index (χ3v) is 15.5. The van der Waals surface area contributed by atoms with Gasteiger partial charge in [-0.1, -0.05) is 53.2 Å². The Morgan fingerprint density at radius 3 is 2.24 bits per heavy atom. The minimum absolute atomic E-state index is 0.0940. The van der Waals surface area contributed by atoms with Gasteiger partial charge in [0.25, 0.3) is 0 Å². The summed E-state index contributed by atoms with van der Waals surface area (Å²) < 4.78 is 11.5. The molecule has 6 rings (SSSR count). The van der Waals surface area contributed by atoms with Crippen LogP contribution in [0.15, 0.2) is 11.6 Å². The van der Waals surface area contributed by atoms with Crippen molar-refractivity contribution in [1.29, 1.82) is 0 Å². The molecule has 4 saturated carbocycles. The molecule has 0 bridgehead atoms. The lowest BCUT2D eigenvalue weighted by Gasteiger charge is -2.72. The second-order valence-electron chi connectivity index (χ2n) is 17.7. The maximum atomic E-state index is 14.5. The van der Waals surface area contributed by atoms with Gasteiger partial charge in [0.15, 0.2) is 0 Å². The minimum Gasteiger partial charge on any atom is -0.432 e. The molecule has 10 heteroatoms. The normalized spacial score (nSPS) is 56.4. The predicted molar refractivity (Wildman–Crippen MR) is 168 cm³/mol. The first-order valence-corrected chi connectivity index (χ1v) is 17.5. The van der Waals surface area contributed by atoms with Gasteiger partial charge in [-0.3, -0.25) is 4.79 Å². The Labute approximate surface area is 273 Å². The van der Waals surface area contributed by atoms with Gasteiger partial charge < -0.3 is 45.2 Å². The van der Waals surface area contributed by atoms with E-state index in [1.54, 1.807) is 0 Å². The van der Waals surface area contributed by atoms with Crippen LogP contribution in [0.2, 0.25) is 0 Å². The van der Waals surface area contributed by atoms with E-state index >= 15 is 0 Å². The molecule has 0 unspecified atom stereocenters. The van der Waals surface area contributed by atoms with Crippen LogP contribution in [0.4, 0.5) is 0 Å². The summed E-state index contributed by atoms with van der Waals surface area (Å²) in [5.74, 6) is -0.787. The molecule has 1 aliphatic heterocycles. The van der Waals surface area contributed by atoms with Crippen LogP contribution >= 0.6 is 0 Å². The van der Waals surface area contributed by atoms with Gasteiger partial charge >= 0.3 is 5.97 Å². The van der Waals surface area contributed by atoms with Gasteiger partial charge in [0, 0.05) is 5.92 Å². The minimum atomic E-state index is -1.70. The lowest BCUT2D eigenvalue weighted by atomic mass is 9.33. The van der Waals surface area contributed by atoms with Crippen LogP contribution in [-0.4, -0.2) is 96.8 Å². The SMILES string of the molecule is C[C@@H]1CC[C@]2(C(=O)O[C@@H]3O[C@H](CO)[C@@H](O)[C@H](O)[C@H]3O)CC[C@]3(C)C(=CC[C@@H]4[C@@]5(C)C[C@@H](O)[C@H](O)C(C)(C)[C@H]5CC[C@]43C)[C@H]2[C@]1(C)O. The molecule has 10 nitrogen and oxygen atoms in total. The second-order valence-corrected chi connectivity index (χ2v) is 17.7. The van der Waals surface area contributed by atoms with Gasteiger partial charge in [0.1, 0.15) is 24.4 Å². The number of carbonyl (C=O) groups excluding carboxylic acids is 1. The molecule has 0 radical (unpaired) electrons. The standard InChI is InChI=1S/C36H58O10/c1-18-10-13-36(30(43)46-29-26(41)25(40)24(39)21(17-37)45-29)15-14-33(5)19(27(36)35(18,7)44)8-9-23-32(4)16-20(38)28(42)31(2,3)22(32)11-12-34(23,33)6/h8,18,20-29,37-42,44H,9-17H2,1-7H3/t18-,20-,21-,22-,23-,24-,25+,26-,27+,28+,29+,32+,33-,34-,35-,36+/m1/s1. The summed E-state index contributed by atoms with van der Waals surface area (Å²) in [6, 6.07) is 0. The number of rotatable bonds is 3. The number of aliphatic hydroxyl groups excluding tert-OH is 6. The summed E-state index contributed by atoms with van der Waals surface area (Å²) in [7, 11) is 0. The Morgan fingerprint density at radius 2 is 1.59 bits per heavy atom. The van der Waals surface area contributed by atoms with Crippen LogP contribution in [0, 0.1) is 50.7 Å². The van der Waals surface area contributed by atoms with Crippen molar-refractivity contribution in [3.05, 3.63) is 11.6 Å². The fourth-order valence-electron chi connectivity index (χ4n) is 12.4. The number of fused-ring (bicyclic) bond motifs is 7. The first-order valence-electron chi connectivity index (χ1n) is 17.5. The van der Waals surface area contributed by atoms with E-state index in [1.807, 2.05) is 13.8 Å². The molecule has 5 fully saturated rings. The number of allylic oxidation sites excluding steroid dienone is 1. The number of aliphatic hydroxyl groups is 7. The quantitative estimate of drug-likeness (QED) is 0.177. The van der Waals surface area contributed by atoms with Crippen LogP contribution in [-0.2, 0) is 14.3 Å². The fraction of sp³-hybridized carbons (Fsp3) is 0.917. The average Bonchev–Trinajstić information content (AvgIpc) is 2.98. The molecule has 7 N–H and O–H groups in total. The molecule has 1 heterocycles. The van der Waals surface area contributed by atoms with E-state index in [4.69, 9.17) is 9.47 Å². The van der Waals surface area contributed by atoms with E-state index in [0.29, 0.717) is 32.1 Å². The first kappa shape index (κ1) is 34.7. The molecule has 0 aromatic heterocycles. The molecule has 46 heavy (non-hydrogen) atoms. The third kappa shape index (κ3) is 4.39. The summed E-state index contributed by atoms with van der Waals surface area (Å²) in [5.41, 5.74) is -2.44. The lowest BCUT2D eigenvalue weighted by molar-refractivity contribution is -0.299. The Bertz CT molecular complexity index is 1250. The zero-order chi connectivity index (χ0) is 34.0. The van der Waals surface area contributed by atoms with Gasteiger partial charge in [-0.05, 0) is 97.7 Å². The predicted octanol–water partition coefficient (Wildman–Crippen LogP) is 2.43. The number of hydrogen-bond donors (Lipinski definition) is 7. The highest BCUT2D eigenvalue weighted by atomic mass is 16.7. The van der Waals surface area contributed by atoms with E-state index in [2.05, 4.69) is 40.7 Å². The molecular formula is C36H58O10. The summed E-state index contributed by atoms with van der Waals surface area (Å²) in [6.45, 7) is 14.4. The Kier molecular flexibility index (Phi) is 8.27. The van der Waals surface area contributed by atoms with E-state index in [-0.39, 0.29) is 34.0 Å². The van der Waals surface area contributed by atoms with Crippen LogP contribution in [0.25, 0.3) is 0 Å². The largest absolute Gasteiger partial charge is 0.432 e. The highest BCUT2D eigenvalue weighted by molar-refractivity contribution is 5.79. The zero-order valence-electron chi connectivity index (χ0n) is 28.6. The number of esters is 1. The van der Waals surface area contributed by atoms with Gasteiger partial charge in [-0.15, -0.1) is 0 Å². The fourth-order valence-corrected chi connectivity index (χ4v) is 12.4. The summed E-state index contributed by atoms with van der Waals surface area (Å²) >= 11 is 0. The number of carbonyl (C=O) groups is 1. The van der Waals surface area contributed by atoms with Gasteiger partial charge in [0.05, 0.1) is 29.8 Å². The smallest absolute Gasteiger partial charge is 0.315 e. The number of ether oxygens (including phenoxy) is 2. The maximum absolute atomic E-state index is 14.5. The molecule has 0 aromatic rings. The Balaban J connectivity index is 1.39. The van der Waals surface area contributed by atoms with Gasteiger partial charge in [-0.2, -0.15) is 0 Å². The monoisotopic (exact) mass is 650 g/mol. The van der Waals surface area contributed by atoms with Crippen LogP contribution in [0.3, 0.4) is 0 Å². The first-order chi connectivity index (χ1) is 21.2. The molecule has 0 amide bonds. The van der Waals surface area contributed by atoms with E-state index in [9.17, 15) is 40.5 Å². The van der Waals surface area contributed by atoms with Crippen molar-refractivity contribution in [3.63, 3.8) is 0 Å². The van der Waals surface area contributed by atoms with E-state index < -0.39 is 77.8 Å². The highest BCUT2D eigenvalue weighted by Crippen LogP contribution is 2.76. The lowest BCUT2D eigenvalue weighted by Crippen LogP contribution is -2.69. The highest BCUT2D eigenvalue weighted by Gasteiger charge is 2.72. The summed E-state index contributed by atoms with van der Waals surface area (Å²) in [4.78, 5) is 14.5. The molecule has 0 spiro atoms. The van der Waals surface area contributed by atoms with Crippen molar-refractivity contribution >= 4 is 5.97 Å². The van der Waals surface area contributed by atoms with Crippen molar-refractivity contribution in [2.45, 2.75) is 148 Å². The third-order valence-electron chi connectivity index (χ3n) is 15.5. The van der Waals surface area contributed by atoms with Crippen LogP contribution in [0.1, 0.15) is 99.8 Å². The summed E-state index contributed by atoms with van der Waals surface area (Å²) in [5, 5.41) is 75.6. The molecular weight excluding hydrogens is 592 g/mol. The molecule has 6 aliphatic rings. The molecule has 1 saturated heterocycles. The van der Waals surface area contributed by atoms with Gasteiger partial charge in [0.2, 0.25) is 6.29 Å². The topological polar surface area (TPSA) is 177 Å². The molecule has 262 valence electrons. The molecule has 16 atom stereocenters. The van der Waals surface area contributed by atoms with Gasteiger partial charge in [-0.25, -0.2) is 0 Å². The van der Waals surface area contributed by atoms with Crippen molar-refractivity contribution in [2.75, 3.05) is 6.61 Å². The van der Waals surface area contributed by atoms with E-state index in [0.717, 1.165) is 24.8 Å². The zero-order valence-corrected chi connectivity index (χ0v) is 28.6. The van der Waals surface area contributed by atoms with E-state index in [1.165, 1.54) is 0 Å². The summed E-state index contributed by atoms with van der Waals surface area (Å²) in [6.07, 6.45) is -1.65. The van der Waals surface area contributed by atoms with Crippen molar-refractivity contribution in [1.82, 2.24) is 0 Å². The van der Waals surface area contributed by atoms with Crippen molar-refractivity contribution in [2.24, 2.45) is 50.7 Å². The van der Waals surface area contributed by atoms with Crippen LogP contribution in [0.5, 0.6) is 0 Å². The Morgan fingerprint density at radius 1 is 0.913 bits per heavy atom.